The number of hydrogen-bond donors (Lipinski definition) is 1. The number of ether oxygens (including phenoxy) is 1. The molecule has 2 nitrogen and oxygen atoms in total. The molecular formula is C11H18O2. The smallest absolute Gasteiger partial charge is 0.0716 e. The van der Waals surface area contributed by atoms with Gasteiger partial charge in [-0.15, -0.1) is 0 Å². The van der Waals surface area contributed by atoms with Crippen LogP contribution in [0.2, 0.25) is 0 Å². The lowest BCUT2D eigenvalue weighted by Crippen LogP contribution is -1.90. The van der Waals surface area contributed by atoms with E-state index in [4.69, 9.17) is 9.84 Å². The summed E-state index contributed by atoms with van der Waals surface area (Å²) < 4.78 is 5.22. The zero-order chi connectivity index (χ0) is 9.94. The van der Waals surface area contributed by atoms with Crippen LogP contribution in [0.1, 0.15) is 19.4 Å². The molecule has 2 heteroatoms. The summed E-state index contributed by atoms with van der Waals surface area (Å²) in [5.41, 5.74) is 1.24. The summed E-state index contributed by atoms with van der Waals surface area (Å²) in [6.45, 7) is 5.45. The van der Waals surface area contributed by atoms with Gasteiger partial charge < -0.3 is 9.84 Å². The third-order valence-corrected chi connectivity index (χ3v) is 1.32. The summed E-state index contributed by atoms with van der Waals surface area (Å²) in [7, 11) is 0. The van der Waals surface area contributed by atoms with Crippen molar-refractivity contribution >= 4 is 0 Å². The van der Waals surface area contributed by atoms with E-state index in [1.807, 2.05) is 25.1 Å². The van der Waals surface area contributed by atoms with Gasteiger partial charge in [-0.05, 0) is 19.4 Å². The Morgan fingerprint density at radius 1 is 1.15 bits per heavy atom. The molecule has 0 amide bonds. The maximum absolute atomic E-state index is 7.57. The monoisotopic (exact) mass is 182 g/mol. The highest BCUT2D eigenvalue weighted by Gasteiger charge is 1.86. The predicted molar refractivity (Wildman–Crippen MR) is 54.5 cm³/mol. The predicted octanol–water partition coefficient (Wildman–Crippen LogP) is 2.22. The molecule has 0 saturated heterocycles. The minimum atomic E-state index is 0.250. The number of aliphatic hydroxyl groups excluding tert-OH is 1. The van der Waals surface area contributed by atoms with E-state index in [1.54, 1.807) is 6.92 Å². The van der Waals surface area contributed by atoms with Gasteiger partial charge in [0.2, 0.25) is 0 Å². The largest absolute Gasteiger partial charge is 0.397 e. The van der Waals surface area contributed by atoms with E-state index in [-0.39, 0.29) is 6.61 Å². The fourth-order valence-corrected chi connectivity index (χ4v) is 0.794. The van der Waals surface area contributed by atoms with Crippen LogP contribution < -0.4 is 0 Å². The van der Waals surface area contributed by atoms with Crippen LogP contribution in [-0.4, -0.2) is 18.3 Å². The molecule has 1 aromatic rings. The van der Waals surface area contributed by atoms with Crippen LogP contribution >= 0.6 is 0 Å². The second kappa shape index (κ2) is 9.23. The van der Waals surface area contributed by atoms with Gasteiger partial charge in [0.05, 0.1) is 6.61 Å². The molecule has 1 aromatic carbocycles. The Bertz CT molecular complexity index is 185. The van der Waals surface area contributed by atoms with Crippen LogP contribution in [0.15, 0.2) is 30.3 Å². The molecule has 0 fully saturated rings. The van der Waals surface area contributed by atoms with Crippen LogP contribution in [0.5, 0.6) is 0 Å². The molecule has 0 aliphatic heterocycles. The molecule has 0 aromatic heterocycles. The first-order valence-electron chi connectivity index (χ1n) is 4.57. The molecular weight excluding hydrogens is 164 g/mol. The molecule has 0 aliphatic rings. The molecule has 0 heterocycles. The van der Waals surface area contributed by atoms with Crippen LogP contribution in [0.3, 0.4) is 0 Å². The Morgan fingerprint density at radius 2 is 1.69 bits per heavy atom. The van der Waals surface area contributed by atoms with Crippen molar-refractivity contribution in [3.05, 3.63) is 35.9 Å². The van der Waals surface area contributed by atoms with Crippen molar-refractivity contribution in [2.45, 2.75) is 20.5 Å². The fourth-order valence-electron chi connectivity index (χ4n) is 0.794. The van der Waals surface area contributed by atoms with Gasteiger partial charge >= 0.3 is 0 Å². The Balaban J connectivity index is 0.000000424. The topological polar surface area (TPSA) is 29.5 Å². The fraction of sp³-hybridized carbons (Fsp3) is 0.455. The quantitative estimate of drug-likeness (QED) is 0.776. The lowest BCUT2D eigenvalue weighted by Gasteiger charge is -1.98. The van der Waals surface area contributed by atoms with Crippen LogP contribution in [-0.2, 0) is 11.3 Å². The van der Waals surface area contributed by atoms with Gasteiger partial charge in [-0.25, -0.2) is 0 Å². The highest BCUT2D eigenvalue weighted by Crippen LogP contribution is 1.99. The lowest BCUT2D eigenvalue weighted by atomic mass is 10.2. The highest BCUT2D eigenvalue weighted by atomic mass is 16.5. The number of rotatable bonds is 3. The first kappa shape index (κ1) is 12.1. The first-order valence-corrected chi connectivity index (χ1v) is 4.57. The molecule has 13 heavy (non-hydrogen) atoms. The zero-order valence-electron chi connectivity index (χ0n) is 8.36. The van der Waals surface area contributed by atoms with Gasteiger partial charge in [-0.2, -0.15) is 0 Å². The van der Waals surface area contributed by atoms with Crippen LogP contribution in [0, 0.1) is 0 Å². The van der Waals surface area contributed by atoms with Crippen molar-refractivity contribution in [2.75, 3.05) is 13.2 Å². The van der Waals surface area contributed by atoms with Gasteiger partial charge in [0, 0.05) is 13.2 Å². The van der Waals surface area contributed by atoms with Crippen molar-refractivity contribution in [3.8, 4) is 0 Å². The molecule has 74 valence electrons. The maximum Gasteiger partial charge on any atom is 0.0716 e. The summed E-state index contributed by atoms with van der Waals surface area (Å²) in [5.74, 6) is 0. The molecule has 1 rings (SSSR count). The Hall–Kier alpha value is -0.860. The molecule has 0 unspecified atom stereocenters. The van der Waals surface area contributed by atoms with Crippen molar-refractivity contribution in [1.82, 2.24) is 0 Å². The molecule has 1 N–H and O–H groups in total. The maximum atomic E-state index is 7.57. The summed E-state index contributed by atoms with van der Waals surface area (Å²) in [4.78, 5) is 0. The third-order valence-electron chi connectivity index (χ3n) is 1.32. The molecule has 0 saturated carbocycles. The van der Waals surface area contributed by atoms with E-state index in [9.17, 15) is 0 Å². The SMILES string of the molecule is CCO.CCOCc1ccccc1. The van der Waals surface area contributed by atoms with Gasteiger partial charge in [0.15, 0.2) is 0 Å². The van der Waals surface area contributed by atoms with Crippen molar-refractivity contribution in [2.24, 2.45) is 0 Å². The van der Waals surface area contributed by atoms with Crippen molar-refractivity contribution < 1.29 is 9.84 Å². The lowest BCUT2D eigenvalue weighted by molar-refractivity contribution is 0.134. The minimum Gasteiger partial charge on any atom is -0.397 e. The third kappa shape index (κ3) is 7.50. The summed E-state index contributed by atoms with van der Waals surface area (Å²) in [6, 6.07) is 10.2. The van der Waals surface area contributed by atoms with Gasteiger partial charge in [0.25, 0.3) is 0 Å². The van der Waals surface area contributed by atoms with Crippen LogP contribution in [0.4, 0.5) is 0 Å². The zero-order valence-corrected chi connectivity index (χ0v) is 8.36. The van der Waals surface area contributed by atoms with Crippen molar-refractivity contribution in [1.29, 1.82) is 0 Å². The highest BCUT2D eigenvalue weighted by molar-refractivity contribution is 5.13. The molecule has 0 aliphatic carbocycles. The first-order chi connectivity index (χ1) is 6.35. The minimum absolute atomic E-state index is 0.250. The van der Waals surface area contributed by atoms with Gasteiger partial charge in [-0.1, -0.05) is 30.3 Å². The van der Waals surface area contributed by atoms with E-state index < -0.39 is 0 Å². The molecule has 0 radical (unpaired) electrons. The van der Waals surface area contributed by atoms with E-state index in [0.717, 1.165) is 13.2 Å². The molecule has 0 spiro atoms. The van der Waals surface area contributed by atoms with Crippen molar-refractivity contribution in [3.63, 3.8) is 0 Å². The summed E-state index contributed by atoms with van der Waals surface area (Å²) in [5, 5.41) is 7.57. The number of aliphatic hydroxyl groups is 1. The number of hydrogen-bond acceptors (Lipinski definition) is 2. The average Bonchev–Trinajstić information content (AvgIpc) is 2.18. The second-order valence-electron chi connectivity index (χ2n) is 2.44. The second-order valence-corrected chi connectivity index (χ2v) is 2.44. The summed E-state index contributed by atoms with van der Waals surface area (Å²) in [6.07, 6.45) is 0. The Morgan fingerprint density at radius 3 is 2.15 bits per heavy atom. The van der Waals surface area contributed by atoms with E-state index >= 15 is 0 Å². The Kier molecular flexibility index (Phi) is 8.62. The van der Waals surface area contributed by atoms with Gasteiger partial charge in [0.1, 0.15) is 0 Å². The number of benzene rings is 1. The van der Waals surface area contributed by atoms with E-state index in [2.05, 4.69) is 12.1 Å². The Labute approximate surface area is 80.2 Å². The normalized spacial score (nSPS) is 8.85. The molecule has 0 bridgehead atoms. The summed E-state index contributed by atoms with van der Waals surface area (Å²) >= 11 is 0. The van der Waals surface area contributed by atoms with E-state index in [1.165, 1.54) is 5.56 Å². The standard InChI is InChI=1S/C9H12O.C2H6O/c1-2-10-8-9-6-4-3-5-7-9;1-2-3/h3-7H,2,8H2,1H3;3H,2H2,1H3. The van der Waals surface area contributed by atoms with E-state index in [0.29, 0.717) is 0 Å². The van der Waals surface area contributed by atoms with Gasteiger partial charge in [-0.3, -0.25) is 0 Å². The average molecular weight is 182 g/mol. The molecule has 0 atom stereocenters. The van der Waals surface area contributed by atoms with Crippen LogP contribution in [0.25, 0.3) is 0 Å².